The van der Waals surface area contributed by atoms with Gasteiger partial charge >= 0.3 is 0 Å². The van der Waals surface area contributed by atoms with E-state index in [0.717, 1.165) is 23.3 Å². The number of hydrogen-bond donors (Lipinski definition) is 1. The van der Waals surface area contributed by atoms with E-state index in [4.69, 9.17) is 11.6 Å². The second-order valence-corrected chi connectivity index (χ2v) is 8.86. The molecule has 0 aromatic heterocycles. The van der Waals surface area contributed by atoms with Crippen LogP contribution in [0.4, 0.5) is 4.39 Å². The van der Waals surface area contributed by atoms with Crippen molar-refractivity contribution in [2.75, 3.05) is 0 Å². The van der Waals surface area contributed by atoms with Gasteiger partial charge in [-0.15, -0.1) is 0 Å². The van der Waals surface area contributed by atoms with Gasteiger partial charge in [0.15, 0.2) is 0 Å². The van der Waals surface area contributed by atoms with Crippen LogP contribution in [0.15, 0.2) is 83.8 Å². The Hall–Kier alpha value is -2.21. The predicted octanol–water partition coefficient (Wildman–Crippen LogP) is 5.17. The van der Waals surface area contributed by atoms with Gasteiger partial charge < -0.3 is 0 Å². The molecule has 2 unspecified atom stereocenters. The second kappa shape index (κ2) is 8.86. The SMILES string of the molecule is CC(NS(=O)(=O)c1ccc(F)cc1)C(Cc1ccc(Cl)cc1)c1ccccc1. The molecule has 146 valence electrons. The highest BCUT2D eigenvalue weighted by molar-refractivity contribution is 7.89. The Morgan fingerprint density at radius 1 is 0.929 bits per heavy atom. The molecule has 6 heteroatoms. The summed E-state index contributed by atoms with van der Waals surface area (Å²) < 4.78 is 41.4. The van der Waals surface area contributed by atoms with Crippen LogP contribution >= 0.6 is 11.6 Å². The molecule has 0 saturated heterocycles. The lowest BCUT2D eigenvalue weighted by molar-refractivity contribution is 0.503. The Kier molecular flexibility index (Phi) is 6.50. The predicted molar refractivity (Wildman–Crippen MR) is 111 cm³/mol. The van der Waals surface area contributed by atoms with Crippen molar-refractivity contribution in [2.24, 2.45) is 0 Å². The van der Waals surface area contributed by atoms with Gasteiger partial charge in [0.2, 0.25) is 10.0 Å². The van der Waals surface area contributed by atoms with Crippen LogP contribution < -0.4 is 4.72 Å². The molecule has 3 rings (SSSR count). The van der Waals surface area contributed by atoms with Crippen molar-refractivity contribution >= 4 is 21.6 Å². The highest BCUT2D eigenvalue weighted by Gasteiger charge is 2.25. The van der Waals surface area contributed by atoms with Gasteiger partial charge in [-0.2, -0.15) is 0 Å². The molecule has 0 heterocycles. The monoisotopic (exact) mass is 417 g/mol. The Labute approximate surface area is 170 Å². The molecule has 0 aliphatic heterocycles. The summed E-state index contributed by atoms with van der Waals surface area (Å²) in [5.74, 6) is -0.561. The molecule has 28 heavy (non-hydrogen) atoms. The van der Waals surface area contributed by atoms with Crippen molar-refractivity contribution < 1.29 is 12.8 Å². The van der Waals surface area contributed by atoms with Crippen molar-refractivity contribution in [1.82, 2.24) is 4.72 Å². The third-order valence-corrected chi connectivity index (χ3v) is 6.49. The van der Waals surface area contributed by atoms with Crippen LogP contribution in [0.1, 0.15) is 24.0 Å². The average Bonchev–Trinajstić information content (AvgIpc) is 2.68. The zero-order valence-electron chi connectivity index (χ0n) is 15.3. The summed E-state index contributed by atoms with van der Waals surface area (Å²) >= 11 is 5.98. The fourth-order valence-electron chi connectivity index (χ4n) is 3.17. The molecule has 0 bridgehead atoms. The normalized spacial score (nSPS) is 13.8. The number of nitrogens with one attached hydrogen (secondary N) is 1. The summed E-state index contributed by atoms with van der Waals surface area (Å²) in [6.45, 7) is 1.84. The van der Waals surface area contributed by atoms with Gasteiger partial charge in [-0.05, 0) is 60.9 Å². The van der Waals surface area contributed by atoms with Gasteiger partial charge in [0.25, 0.3) is 0 Å². The Bertz CT molecular complexity index is 1010. The van der Waals surface area contributed by atoms with Gasteiger partial charge in [-0.1, -0.05) is 54.1 Å². The van der Waals surface area contributed by atoms with Crippen LogP contribution in [0.5, 0.6) is 0 Å². The third kappa shape index (κ3) is 5.19. The number of hydrogen-bond acceptors (Lipinski definition) is 2. The van der Waals surface area contributed by atoms with E-state index >= 15 is 0 Å². The van der Waals surface area contributed by atoms with Crippen LogP contribution in [0.3, 0.4) is 0 Å². The lowest BCUT2D eigenvalue weighted by Crippen LogP contribution is -2.37. The van der Waals surface area contributed by atoms with Crippen molar-refractivity contribution in [3.05, 3.63) is 101 Å². The van der Waals surface area contributed by atoms with Crippen LogP contribution in [-0.4, -0.2) is 14.5 Å². The van der Waals surface area contributed by atoms with Crippen molar-refractivity contribution in [1.29, 1.82) is 0 Å². The molecule has 0 aliphatic rings. The first-order valence-corrected chi connectivity index (χ1v) is 10.8. The number of halogens is 2. The molecule has 3 aromatic carbocycles. The average molecular weight is 418 g/mol. The Morgan fingerprint density at radius 3 is 2.14 bits per heavy atom. The summed E-state index contributed by atoms with van der Waals surface area (Å²) in [5.41, 5.74) is 2.10. The molecule has 0 amide bonds. The van der Waals surface area contributed by atoms with E-state index in [1.54, 1.807) is 0 Å². The first kappa shape index (κ1) is 20.5. The molecule has 0 fully saturated rings. The lowest BCUT2D eigenvalue weighted by Gasteiger charge is -2.26. The van der Waals surface area contributed by atoms with Gasteiger partial charge in [0, 0.05) is 17.0 Å². The summed E-state index contributed by atoms with van der Waals surface area (Å²) in [4.78, 5) is 0.0408. The molecule has 0 saturated carbocycles. The first-order chi connectivity index (χ1) is 13.3. The largest absolute Gasteiger partial charge is 0.240 e. The summed E-state index contributed by atoms with van der Waals surface area (Å²) in [7, 11) is -3.77. The van der Waals surface area contributed by atoms with E-state index in [1.165, 1.54) is 12.1 Å². The van der Waals surface area contributed by atoms with Crippen LogP contribution in [0.25, 0.3) is 0 Å². The molecule has 1 N–H and O–H groups in total. The number of rotatable bonds is 7. The van der Waals surface area contributed by atoms with Crippen LogP contribution in [0.2, 0.25) is 5.02 Å². The number of benzene rings is 3. The standard InChI is InChI=1S/C22H21ClFNO2S/c1-16(25-28(26,27)21-13-11-20(24)12-14-21)22(18-5-3-2-4-6-18)15-17-7-9-19(23)10-8-17/h2-14,16,22,25H,15H2,1H3. The summed E-state index contributed by atoms with van der Waals surface area (Å²) in [6.07, 6.45) is 0.647. The fourth-order valence-corrected chi connectivity index (χ4v) is 4.58. The van der Waals surface area contributed by atoms with Crippen molar-refractivity contribution in [3.8, 4) is 0 Å². The fraction of sp³-hybridized carbons (Fsp3) is 0.182. The molecule has 0 radical (unpaired) electrons. The van der Waals surface area contributed by atoms with Crippen molar-refractivity contribution in [2.45, 2.75) is 30.2 Å². The number of sulfonamides is 1. The van der Waals surface area contributed by atoms with Gasteiger partial charge in [-0.25, -0.2) is 17.5 Å². The molecule has 3 aromatic rings. The minimum Gasteiger partial charge on any atom is -0.208 e. The van der Waals surface area contributed by atoms with E-state index in [0.29, 0.717) is 11.4 Å². The highest BCUT2D eigenvalue weighted by Crippen LogP contribution is 2.26. The maximum Gasteiger partial charge on any atom is 0.240 e. The quantitative estimate of drug-likeness (QED) is 0.576. The lowest BCUT2D eigenvalue weighted by atomic mass is 9.87. The van der Waals surface area contributed by atoms with Crippen molar-refractivity contribution in [3.63, 3.8) is 0 Å². The van der Waals surface area contributed by atoms with Gasteiger partial charge in [0.05, 0.1) is 4.90 Å². The van der Waals surface area contributed by atoms with E-state index in [2.05, 4.69) is 4.72 Å². The minimum absolute atomic E-state index is 0.0408. The van der Waals surface area contributed by atoms with Gasteiger partial charge in [0.1, 0.15) is 5.82 Å². The topological polar surface area (TPSA) is 46.2 Å². The zero-order valence-corrected chi connectivity index (χ0v) is 16.9. The van der Waals surface area contributed by atoms with Gasteiger partial charge in [-0.3, -0.25) is 0 Å². The Balaban J connectivity index is 1.86. The minimum atomic E-state index is -3.77. The second-order valence-electron chi connectivity index (χ2n) is 6.71. The zero-order chi connectivity index (χ0) is 20.1. The molecular weight excluding hydrogens is 397 g/mol. The molecule has 0 spiro atoms. The van der Waals surface area contributed by atoms with Crippen LogP contribution in [0, 0.1) is 5.82 Å². The first-order valence-electron chi connectivity index (χ1n) is 8.92. The molecule has 3 nitrogen and oxygen atoms in total. The van der Waals surface area contributed by atoms with E-state index in [-0.39, 0.29) is 16.9 Å². The Morgan fingerprint density at radius 2 is 1.54 bits per heavy atom. The summed E-state index contributed by atoms with van der Waals surface area (Å²) in [6, 6.07) is 21.7. The third-order valence-electron chi connectivity index (χ3n) is 4.67. The molecule has 2 atom stereocenters. The maximum atomic E-state index is 13.1. The highest BCUT2D eigenvalue weighted by atomic mass is 35.5. The van der Waals surface area contributed by atoms with Crippen LogP contribution in [-0.2, 0) is 16.4 Å². The molecular formula is C22H21ClFNO2S. The smallest absolute Gasteiger partial charge is 0.208 e. The van der Waals surface area contributed by atoms with E-state index in [1.807, 2.05) is 61.5 Å². The maximum absolute atomic E-state index is 13.1. The van der Waals surface area contributed by atoms with E-state index < -0.39 is 15.8 Å². The summed E-state index contributed by atoms with van der Waals surface area (Å²) in [5, 5.41) is 0.657. The molecule has 0 aliphatic carbocycles. The van der Waals surface area contributed by atoms with E-state index in [9.17, 15) is 12.8 Å².